The molecule has 1 aromatic heterocycles. The van der Waals surface area contributed by atoms with Gasteiger partial charge in [0.15, 0.2) is 0 Å². The molecule has 0 aliphatic heterocycles. The Morgan fingerprint density at radius 3 is 3.00 bits per heavy atom. The highest BCUT2D eigenvalue weighted by molar-refractivity contribution is 9.10. The van der Waals surface area contributed by atoms with Crippen LogP contribution in [0.3, 0.4) is 0 Å². The molecule has 0 spiro atoms. The number of nitrogens with one attached hydrogen (secondary N) is 1. The lowest BCUT2D eigenvalue weighted by Crippen LogP contribution is -2.15. The first-order chi connectivity index (χ1) is 9.06. The second kappa shape index (κ2) is 5.97. The minimum atomic E-state index is -0.341. The van der Waals surface area contributed by atoms with Crippen LogP contribution >= 0.6 is 15.9 Å². The molecule has 19 heavy (non-hydrogen) atoms. The molecule has 1 aromatic carbocycles. The van der Waals surface area contributed by atoms with Crippen LogP contribution in [-0.2, 0) is 11.3 Å². The van der Waals surface area contributed by atoms with Gasteiger partial charge in [-0.15, -0.1) is 0 Å². The van der Waals surface area contributed by atoms with Crippen LogP contribution in [0.1, 0.15) is 12.0 Å². The van der Waals surface area contributed by atoms with E-state index in [2.05, 4.69) is 26.3 Å². The molecule has 0 unspecified atom stereocenters. The average Bonchev–Trinajstić information content (AvgIpc) is 2.86. The highest BCUT2D eigenvalue weighted by atomic mass is 79.9. The molecule has 2 rings (SSSR count). The Hall–Kier alpha value is -1.69. The third-order valence-electron chi connectivity index (χ3n) is 2.67. The fraction of sp³-hybridized carbons (Fsp3) is 0.231. The normalized spacial score (nSPS) is 10.5. The van der Waals surface area contributed by atoms with Crippen LogP contribution < -0.4 is 5.32 Å². The topological polar surface area (TPSA) is 46.9 Å². The van der Waals surface area contributed by atoms with Gasteiger partial charge in [0.25, 0.3) is 0 Å². The molecule has 0 bridgehead atoms. The molecule has 0 saturated heterocycles. The van der Waals surface area contributed by atoms with E-state index in [1.807, 2.05) is 0 Å². The highest BCUT2D eigenvalue weighted by Crippen LogP contribution is 2.24. The molecule has 4 nitrogen and oxygen atoms in total. The van der Waals surface area contributed by atoms with Crippen LogP contribution in [-0.4, -0.2) is 15.7 Å². The van der Waals surface area contributed by atoms with Crippen molar-refractivity contribution in [3.63, 3.8) is 0 Å². The number of aryl methyl sites for hydroxylation is 2. The lowest BCUT2D eigenvalue weighted by atomic mass is 10.2. The molecular formula is C13H13BrFN3O. The van der Waals surface area contributed by atoms with Gasteiger partial charge in [0.2, 0.25) is 5.91 Å². The molecule has 0 saturated carbocycles. The summed E-state index contributed by atoms with van der Waals surface area (Å²) in [4.78, 5) is 11.8. The van der Waals surface area contributed by atoms with E-state index in [4.69, 9.17) is 0 Å². The summed E-state index contributed by atoms with van der Waals surface area (Å²) in [7, 11) is 0. The largest absolute Gasteiger partial charge is 0.326 e. The van der Waals surface area contributed by atoms with Crippen LogP contribution in [0.5, 0.6) is 0 Å². The zero-order valence-electron chi connectivity index (χ0n) is 10.4. The van der Waals surface area contributed by atoms with Gasteiger partial charge >= 0.3 is 0 Å². The SMILES string of the molecule is Cc1cc(F)c(Br)cc1NC(=O)CCn1cccn1. The number of carbonyl (C=O) groups is 1. The molecule has 1 N–H and O–H groups in total. The van der Waals surface area contributed by atoms with Gasteiger partial charge in [-0.05, 0) is 46.6 Å². The number of rotatable bonds is 4. The van der Waals surface area contributed by atoms with E-state index in [9.17, 15) is 9.18 Å². The van der Waals surface area contributed by atoms with Crippen LogP contribution in [0.2, 0.25) is 0 Å². The first-order valence-electron chi connectivity index (χ1n) is 5.79. The van der Waals surface area contributed by atoms with E-state index >= 15 is 0 Å². The molecule has 0 aliphatic carbocycles. The minimum Gasteiger partial charge on any atom is -0.326 e. The first-order valence-corrected chi connectivity index (χ1v) is 6.58. The van der Waals surface area contributed by atoms with Crippen LogP contribution in [0, 0.1) is 12.7 Å². The highest BCUT2D eigenvalue weighted by Gasteiger charge is 2.08. The van der Waals surface area contributed by atoms with E-state index in [-0.39, 0.29) is 11.7 Å². The molecule has 6 heteroatoms. The Kier molecular flexibility index (Phi) is 4.31. The van der Waals surface area contributed by atoms with Crippen molar-refractivity contribution in [2.75, 3.05) is 5.32 Å². The summed E-state index contributed by atoms with van der Waals surface area (Å²) in [6.45, 7) is 2.26. The molecule has 0 fully saturated rings. The number of hydrogen-bond acceptors (Lipinski definition) is 2. The second-order valence-electron chi connectivity index (χ2n) is 4.15. The summed E-state index contributed by atoms with van der Waals surface area (Å²) in [5.74, 6) is -0.468. The fourth-order valence-corrected chi connectivity index (χ4v) is 1.99. The van der Waals surface area contributed by atoms with Gasteiger partial charge in [0.1, 0.15) is 5.82 Å². The Labute approximate surface area is 118 Å². The van der Waals surface area contributed by atoms with E-state index in [0.29, 0.717) is 28.7 Å². The Morgan fingerprint density at radius 2 is 2.32 bits per heavy atom. The maximum absolute atomic E-state index is 13.3. The maximum Gasteiger partial charge on any atom is 0.226 e. The Balaban J connectivity index is 1.97. The summed E-state index contributed by atoms with van der Waals surface area (Å²) < 4.78 is 15.3. The monoisotopic (exact) mass is 325 g/mol. The molecule has 100 valence electrons. The third-order valence-corrected chi connectivity index (χ3v) is 3.28. The number of carbonyl (C=O) groups excluding carboxylic acids is 1. The van der Waals surface area contributed by atoms with Gasteiger partial charge in [-0.3, -0.25) is 9.48 Å². The van der Waals surface area contributed by atoms with Gasteiger partial charge in [0.05, 0.1) is 4.47 Å². The summed E-state index contributed by atoms with van der Waals surface area (Å²) in [5, 5.41) is 6.78. The first kappa shape index (κ1) is 13.7. The Morgan fingerprint density at radius 1 is 1.53 bits per heavy atom. The molecule has 1 amide bonds. The standard InChI is InChI=1S/C13H13BrFN3O/c1-9-7-11(15)10(14)8-12(9)17-13(19)3-6-18-5-2-4-16-18/h2,4-5,7-8H,3,6H2,1H3,(H,17,19). The van der Waals surface area contributed by atoms with Gasteiger partial charge in [-0.2, -0.15) is 5.10 Å². The number of amides is 1. The number of nitrogens with zero attached hydrogens (tertiary/aromatic N) is 2. The van der Waals surface area contributed by atoms with Crippen molar-refractivity contribution >= 4 is 27.5 Å². The summed E-state index contributed by atoms with van der Waals surface area (Å²) in [6.07, 6.45) is 3.78. The minimum absolute atomic E-state index is 0.128. The molecule has 0 aliphatic rings. The lowest BCUT2D eigenvalue weighted by Gasteiger charge is -2.09. The fourth-order valence-electron chi connectivity index (χ4n) is 1.64. The third kappa shape index (κ3) is 3.64. The molecule has 1 heterocycles. The van der Waals surface area contributed by atoms with E-state index in [1.54, 1.807) is 36.1 Å². The van der Waals surface area contributed by atoms with Crippen molar-refractivity contribution in [3.8, 4) is 0 Å². The Bertz CT molecular complexity index is 584. The van der Waals surface area contributed by atoms with Crippen molar-refractivity contribution in [2.45, 2.75) is 19.9 Å². The zero-order chi connectivity index (χ0) is 13.8. The van der Waals surface area contributed by atoms with Crippen molar-refractivity contribution in [1.29, 1.82) is 0 Å². The van der Waals surface area contributed by atoms with E-state index in [0.717, 1.165) is 0 Å². The molecular weight excluding hydrogens is 313 g/mol. The van der Waals surface area contributed by atoms with Crippen molar-refractivity contribution in [3.05, 3.63) is 46.4 Å². The van der Waals surface area contributed by atoms with Crippen LogP contribution in [0.15, 0.2) is 35.1 Å². The summed E-state index contributed by atoms with van der Waals surface area (Å²) in [5.41, 5.74) is 1.30. The van der Waals surface area contributed by atoms with Crippen molar-refractivity contribution in [1.82, 2.24) is 9.78 Å². The van der Waals surface area contributed by atoms with Crippen LogP contribution in [0.25, 0.3) is 0 Å². The number of halogens is 2. The van der Waals surface area contributed by atoms with E-state index < -0.39 is 0 Å². The summed E-state index contributed by atoms with van der Waals surface area (Å²) in [6, 6.07) is 4.75. The molecule has 0 radical (unpaired) electrons. The predicted octanol–water partition coefficient (Wildman–Crippen LogP) is 3.12. The van der Waals surface area contributed by atoms with Crippen LogP contribution in [0.4, 0.5) is 10.1 Å². The van der Waals surface area contributed by atoms with Crippen molar-refractivity contribution < 1.29 is 9.18 Å². The quantitative estimate of drug-likeness (QED) is 0.938. The predicted molar refractivity (Wildman–Crippen MR) is 74.3 cm³/mol. The second-order valence-corrected chi connectivity index (χ2v) is 5.00. The maximum atomic E-state index is 13.3. The average molecular weight is 326 g/mol. The number of benzene rings is 1. The molecule has 2 aromatic rings. The number of anilines is 1. The lowest BCUT2D eigenvalue weighted by molar-refractivity contribution is -0.116. The van der Waals surface area contributed by atoms with E-state index in [1.165, 1.54) is 6.07 Å². The zero-order valence-corrected chi connectivity index (χ0v) is 11.9. The molecule has 0 atom stereocenters. The van der Waals surface area contributed by atoms with Crippen molar-refractivity contribution in [2.24, 2.45) is 0 Å². The smallest absolute Gasteiger partial charge is 0.226 e. The summed E-state index contributed by atoms with van der Waals surface area (Å²) >= 11 is 3.10. The van der Waals surface area contributed by atoms with Gasteiger partial charge < -0.3 is 5.32 Å². The van der Waals surface area contributed by atoms with Gasteiger partial charge in [-0.25, -0.2) is 4.39 Å². The number of hydrogen-bond donors (Lipinski definition) is 1. The number of aromatic nitrogens is 2. The van der Waals surface area contributed by atoms with Gasteiger partial charge in [-0.1, -0.05) is 0 Å². The van der Waals surface area contributed by atoms with Gasteiger partial charge in [0, 0.05) is 31.0 Å².